The predicted octanol–water partition coefficient (Wildman–Crippen LogP) is 4.00. The molecule has 0 bridgehead atoms. The van der Waals surface area contributed by atoms with Gasteiger partial charge in [-0.25, -0.2) is 19.2 Å². The zero-order chi connectivity index (χ0) is 26.5. The molecular weight excluding hydrogens is 489 g/mol. The predicted molar refractivity (Wildman–Crippen MR) is 141 cm³/mol. The van der Waals surface area contributed by atoms with Gasteiger partial charge in [0.05, 0.1) is 6.20 Å². The number of ether oxygens (including phenoxy) is 1. The number of anilines is 1. The van der Waals surface area contributed by atoms with Crippen molar-refractivity contribution in [3.8, 4) is 16.9 Å². The number of nitrogens with one attached hydrogen (secondary N) is 1. The van der Waals surface area contributed by atoms with Gasteiger partial charge in [-0.15, -0.1) is 0 Å². The lowest BCUT2D eigenvalue weighted by Gasteiger charge is -2.34. The third kappa shape index (κ3) is 6.02. The Morgan fingerprint density at radius 3 is 2.61 bits per heavy atom. The number of likely N-dealkylation sites (tertiary alicyclic amines) is 1. The Kier molecular flexibility index (Phi) is 7.97. The molecule has 38 heavy (non-hydrogen) atoms. The first-order chi connectivity index (χ1) is 18.5. The van der Waals surface area contributed by atoms with E-state index in [1.807, 2.05) is 0 Å². The largest absolute Gasteiger partial charge is 0.446 e. The lowest BCUT2D eigenvalue weighted by Crippen LogP contribution is -2.44. The van der Waals surface area contributed by atoms with Crippen LogP contribution in [0.15, 0.2) is 59.7 Å². The fourth-order valence-corrected chi connectivity index (χ4v) is 5.12. The van der Waals surface area contributed by atoms with E-state index < -0.39 is 5.82 Å². The van der Waals surface area contributed by atoms with E-state index >= 15 is 0 Å². The van der Waals surface area contributed by atoms with Crippen LogP contribution < -0.4 is 10.9 Å². The first kappa shape index (κ1) is 25.8. The summed E-state index contributed by atoms with van der Waals surface area (Å²) in [5.41, 5.74) is 1.11. The SMILES string of the molecule is O=C(OC1CCC(CO)CC1)N1CCC(Nc2ncc(F)c(-c3cccc(-n4ccccc4=O)c3)n2)CC1. The Balaban J connectivity index is 1.19. The van der Waals surface area contributed by atoms with E-state index in [9.17, 15) is 19.1 Å². The van der Waals surface area contributed by atoms with Gasteiger partial charge in [-0.05, 0) is 62.6 Å². The van der Waals surface area contributed by atoms with Crippen molar-refractivity contribution in [1.29, 1.82) is 0 Å². The van der Waals surface area contributed by atoms with Crippen LogP contribution in [-0.2, 0) is 4.74 Å². The van der Waals surface area contributed by atoms with E-state index in [0.717, 1.165) is 31.9 Å². The van der Waals surface area contributed by atoms with E-state index in [0.29, 0.717) is 49.0 Å². The number of pyridine rings is 1. The van der Waals surface area contributed by atoms with Gasteiger partial charge in [0.15, 0.2) is 5.82 Å². The van der Waals surface area contributed by atoms with Gasteiger partial charge >= 0.3 is 6.09 Å². The van der Waals surface area contributed by atoms with Gasteiger partial charge in [0.1, 0.15) is 11.8 Å². The molecule has 10 heteroatoms. The highest BCUT2D eigenvalue weighted by Gasteiger charge is 2.28. The molecule has 1 aliphatic carbocycles. The van der Waals surface area contributed by atoms with Crippen LogP contribution in [0.1, 0.15) is 38.5 Å². The Hall–Kier alpha value is -3.79. The molecule has 1 saturated carbocycles. The number of hydrogen-bond acceptors (Lipinski definition) is 7. The van der Waals surface area contributed by atoms with Crippen molar-refractivity contribution in [3.63, 3.8) is 0 Å². The van der Waals surface area contributed by atoms with Crippen LogP contribution in [0.5, 0.6) is 0 Å². The molecule has 5 rings (SSSR count). The summed E-state index contributed by atoms with van der Waals surface area (Å²) in [6, 6.07) is 11.9. The standard InChI is InChI=1S/C28H32FN5O4/c29-24-17-30-27(32-26(24)20-4-3-5-22(16-20)34-13-2-1-6-25(34)36)31-21-11-14-33(15-12-21)28(37)38-23-9-7-19(18-35)8-10-23/h1-6,13,16-17,19,21,23,35H,7-12,14-15,18H2,(H,30,31,32). The number of piperidine rings is 1. The van der Waals surface area contributed by atoms with Crippen molar-refractivity contribution in [2.75, 3.05) is 25.0 Å². The molecule has 0 radical (unpaired) electrons. The molecule has 1 saturated heterocycles. The molecule has 0 atom stereocenters. The van der Waals surface area contributed by atoms with Crippen LogP contribution in [0.3, 0.4) is 0 Å². The molecule has 0 spiro atoms. The first-order valence-electron chi connectivity index (χ1n) is 13.1. The van der Waals surface area contributed by atoms with Crippen molar-refractivity contribution in [2.24, 2.45) is 5.92 Å². The fraction of sp³-hybridized carbons (Fsp3) is 0.429. The number of nitrogens with zero attached hydrogens (tertiary/aromatic N) is 4. The second-order valence-electron chi connectivity index (χ2n) is 9.96. The zero-order valence-electron chi connectivity index (χ0n) is 21.1. The van der Waals surface area contributed by atoms with Gasteiger partial charge < -0.3 is 20.1 Å². The summed E-state index contributed by atoms with van der Waals surface area (Å²) < 4.78 is 21.9. The highest BCUT2D eigenvalue weighted by molar-refractivity contribution is 5.68. The number of benzene rings is 1. The molecule has 2 N–H and O–H groups in total. The number of aromatic nitrogens is 3. The van der Waals surface area contributed by atoms with Crippen molar-refractivity contribution in [3.05, 3.63) is 71.0 Å². The topological polar surface area (TPSA) is 110 Å². The quantitative estimate of drug-likeness (QED) is 0.505. The molecule has 2 aliphatic rings. The van der Waals surface area contributed by atoms with Crippen LogP contribution in [0.2, 0.25) is 0 Å². The summed E-state index contributed by atoms with van der Waals surface area (Å²) in [5.74, 6) is 0.0717. The van der Waals surface area contributed by atoms with E-state index in [2.05, 4.69) is 15.3 Å². The summed E-state index contributed by atoms with van der Waals surface area (Å²) in [6.07, 6.45) is 7.18. The summed E-state index contributed by atoms with van der Waals surface area (Å²) in [6.45, 7) is 1.29. The molecule has 0 unspecified atom stereocenters. The Labute approximate surface area is 220 Å². The second-order valence-corrected chi connectivity index (χ2v) is 9.96. The first-order valence-corrected chi connectivity index (χ1v) is 13.1. The lowest BCUT2D eigenvalue weighted by atomic mass is 9.88. The van der Waals surface area contributed by atoms with Crippen molar-refractivity contribution < 1.29 is 19.0 Å². The number of carbonyl (C=O) groups is 1. The molecular formula is C28H32FN5O4. The van der Waals surface area contributed by atoms with Gasteiger partial charge in [-0.2, -0.15) is 0 Å². The van der Waals surface area contributed by atoms with Crippen molar-refractivity contribution in [2.45, 2.75) is 50.7 Å². The van der Waals surface area contributed by atoms with Crippen LogP contribution >= 0.6 is 0 Å². The van der Waals surface area contributed by atoms with Crippen LogP contribution in [0.25, 0.3) is 16.9 Å². The molecule has 1 aromatic carbocycles. The monoisotopic (exact) mass is 521 g/mol. The Bertz CT molecular complexity index is 1320. The number of aliphatic hydroxyl groups excluding tert-OH is 1. The summed E-state index contributed by atoms with van der Waals surface area (Å²) in [4.78, 5) is 35.1. The third-order valence-corrected chi connectivity index (χ3v) is 7.37. The van der Waals surface area contributed by atoms with Gasteiger partial charge in [-0.3, -0.25) is 9.36 Å². The smallest absolute Gasteiger partial charge is 0.410 e. The maximum absolute atomic E-state index is 14.7. The van der Waals surface area contributed by atoms with Gasteiger partial charge in [-0.1, -0.05) is 18.2 Å². The van der Waals surface area contributed by atoms with Crippen LogP contribution in [0.4, 0.5) is 15.1 Å². The highest BCUT2D eigenvalue weighted by Crippen LogP contribution is 2.27. The zero-order valence-corrected chi connectivity index (χ0v) is 21.1. The van der Waals surface area contributed by atoms with E-state index in [1.165, 1.54) is 10.6 Å². The second kappa shape index (κ2) is 11.7. The summed E-state index contributed by atoms with van der Waals surface area (Å²) in [7, 11) is 0. The Morgan fingerprint density at radius 1 is 1.08 bits per heavy atom. The van der Waals surface area contributed by atoms with Crippen LogP contribution in [-0.4, -0.2) is 62.5 Å². The maximum atomic E-state index is 14.7. The normalized spacial score (nSPS) is 20.2. The summed E-state index contributed by atoms with van der Waals surface area (Å²) in [5, 5.41) is 12.6. The number of carbonyl (C=O) groups excluding carboxylic acids is 1. The third-order valence-electron chi connectivity index (χ3n) is 7.37. The molecule has 200 valence electrons. The average molecular weight is 522 g/mol. The van der Waals surface area contributed by atoms with E-state index in [1.54, 1.807) is 47.5 Å². The molecule has 2 fully saturated rings. The average Bonchev–Trinajstić information content (AvgIpc) is 2.95. The number of halogens is 1. The summed E-state index contributed by atoms with van der Waals surface area (Å²) >= 11 is 0. The number of rotatable bonds is 6. The van der Waals surface area contributed by atoms with Crippen molar-refractivity contribution >= 4 is 12.0 Å². The minimum atomic E-state index is -0.557. The minimum absolute atomic E-state index is 0.0339. The molecule has 3 heterocycles. The highest BCUT2D eigenvalue weighted by atomic mass is 19.1. The Morgan fingerprint density at radius 2 is 1.87 bits per heavy atom. The van der Waals surface area contributed by atoms with E-state index in [-0.39, 0.29) is 36.1 Å². The van der Waals surface area contributed by atoms with Crippen LogP contribution in [0, 0.1) is 11.7 Å². The number of hydrogen-bond donors (Lipinski definition) is 2. The number of amides is 1. The van der Waals surface area contributed by atoms with E-state index in [4.69, 9.17) is 4.74 Å². The van der Waals surface area contributed by atoms with Gasteiger partial charge in [0.2, 0.25) is 5.95 Å². The molecule has 9 nitrogen and oxygen atoms in total. The van der Waals surface area contributed by atoms with Crippen molar-refractivity contribution in [1.82, 2.24) is 19.4 Å². The fourth-order valence-electron chi connectivity index (χ4n) is 5.12. The molecule has 1 amide bonds. The molecule has 1 aliphatic heterocycles. The maximum Gasteiger partial charge on any atom is 0.410 e. The molecule has 3 aromatic rings. The number of aliphatic hydroxyl groups is 1. The lowest BCUT2D eigenvalue weighted by molar-refractivity contribution is 0.0280. The molecule has 2 aromatic heterocycles. The van der Waals surface area contributed by atoms with Gasteiger partial charge in [0, 0.05) is 49.3 Å². The minimum Gasteiger partial charge on any atom is -0.446 e. The van der Waals surface area contributed by atoms with Gasteiger partial charge in [0.25, 0.3) is 5.56 Å².